The molecule has 0 bridgehead atoms. The lowest BCUT2D eigenvalue weighted by Gasteiger charge is -2.37. The fraction of sp³-hybridized carbons (Fsp3) is 0.440. The van der Waals surface area contributed by atoms with E-state index in [9.17, 15) is 14.7 Å². The van der Waals surface area contributed by atoms with E-state index in [0.29, 0.717) is 36.0 Å². The molecule has 0 radical (unpaired) electrons. The second-order valence-electron chi connectivity index (χ2n) is 10.1. The molecule has 1 atom stereocenters. The van der Waals surface area contributed by atoms with E-state index in [0.717, 1.165) is 32.8 Å². The lowest BCUT2D eigenvalue weighted by atomic mass is 9.92. The Hall–Kier alpha value is -2.44. The quantitative estimate of drug-likeness (QED) is 0.389. The molecule has 0 aliphatic heterocycles. The van der Waals surface area contributed by atoms with Crippen molar-refractivity contribution in [2.75, 3.05) is 0 Å². The Kier molecular flexibility index (Phi) is 5.14. The summed E-state index contributed by atoms with van der Waals surface area (Å²) >= 11 is 0. The summed E-state index contributed by atoms with van der Waals surface area (Å²) in [5.74, 6) is 0.827. The van der Waals surface area contributed by atoms with Gasteiger partial charge in [-0.1, -0.05) is 32.9 Å². The summed E-state index contributed by atoms with van der Waals surface area (Å²) < 4.78 is 12.9. The number of aldehydes is 1. The molecular weight excluding hydrogens is 408 g/mol. The predicted octanol–water partition coefficient (Wildman–Crippen LogP) is 6.03. The molecule has 0 amide bonds. The molecule has 1 unspecified atom stereocenters. The van der Waals surface area contributed by atoms with Gasteiger partial charge in [-0.05, 0) is 48.0 Å². The fourth-order valence-electron chi connectivity index (χ4n) is 4.26. The maximum atomic E-state index is 12.5. The predicted molar refractivity (Wildman–Crippen MR) is 125 cm³/mol. The van der Waals surface area contributed by atoms with Crippen LogP contribution in [-0.2, 0) is 11.2 Å². The van der Waals surface area contributed by atoms with E-state index in [1.54, 1.807) is 0 Å². The van der Waals surface area contributed by atoms with Gasteiger partial charge >= 0.3 is 0 Å². The number of hydrogen-bond acceptors (Lipinski definition) is 5. The Labute approximate surface area is 183 Å². The molecule has 0 saturated heterocycles. The average molecular weight is 439 g/mol. The minimum atomic E-state index is -2.24. The summed E-state index contributed by atoms with van der Waals surface area (Å²) in [5, 5.41) is 13.3. The molecule has 2 aromatic carbocycles. The highest BCUT2D eigenvalue weighted by Crippen LogP contribution is 2.48. The van der Waals surface area contributed by atoms with Crippen molar-refractivity contribution in [2.45, 2.75) is 71.2 Å². The van der Waals surface area contributed by atoms with E-state index in [2.05, 4.69) is 33.9 Å². The van der Waals surface area contributed by atoms with Crippen LogP contribution in [-0.4, -0.2) is 25.5 Å². The number of rotatable bonds is 5. The molecule has 1 aromatic heterocycles. The van der Waals surface area contributed by atoms with Crippen LogP contribution in [0, 0.1) is 6.92 Å². The third kappa shape index (κ3) is 3.33. The van der Waals surface area contributed by atoms with Gasteiger partial charge in [0.25, 0.3) is 8.32 Å². The van der Waals surface area contributed by atoms with E-state index < -0.39 is 14.4 Å². The zero-order valence-electron chi connectivity index (χ0n) is 19.1. The lowest BCUT2D eigenvalue weighted by Crippen LogP contribution is -2.44. The third-order valence-corrected chi connectivity index (χ3v) is 11.4. The molecule has 164 valence electrons. The van der Waals surface area contributed by atoms with Gasteiger partial charge in [0.2, 0.25) is 0 Å². The second kappa shape index (κ2) is 7.31. The van der Waals surface area contributed by atoms with Crippen LogP contribution >= 0.6 is 0 Å². The van der Waals surface area contributed by atoms with E-state index in [-0.39, 0.29) is 17.2 Å². The fourth-order valence-corrected chi connectivity index (χ4v) is 5.27. The van der Waals surface area contributed by atoms with Crippen LogP contribution in [0.2, 0.25) is 18.1 Å². The van der Waals surface area contributed by atoms with Crippen LogP contribution in [0.15, 0.2) is 22.8 Å². The van der Waals surface area contributed by atoms with Gasteiger partial charge in [0.05, 0.1) is 12.4 Å². The number of furan rings is 1. The summed E-state index contributed by atoms with van der Waals surface area (Å²) in [4.78, 5) is 23.5. The number of carbonyl (C=O) groups excluding carboxylic acids is 2. The highest BCUT2D eigenvalue weighted by molar-refractivity contribution is 6.75. The monoisotopic (exact) mass is 438 g/mol. The number of aliphatic hydroxyl groups excluding tert-OH is 1. The number of carbonyl (C=O) groups is 2. The molecule has 1 N–H and O–H groups in total. The van der Waals surface area contributed by atoms with Crippen molar-refractivity contribution < 1.29 is 23.5 Å². The van der Waals surface area contributed by atoms with Crippen molar-refractivity contribution >= 4 is 42.1 Å². The molecule has 3 aromatic rings. The smallest absolute Gasteiger partial charge is 0.250 e. The topological polar surface area (TPSA) is 76.7 Å². The van der Waals surface area contributed by atoms with Gasteiger partial charge in [-0.2, -0.15) is 0 Å². The Morgan fingerprint density at radius 2 is 1.94 bits per heavy atom. The number of aryl methyl sites for hydroxylation is 2. The standard InChI is InChI=1S/C25H30O5Si/c1-14-15-7-8-16-17(9-10-19(16)27)22(15)24(30-31(5,6)25(2,3)4)23-21(14)18(13-29-23)20(28)11-12-26/h7-8,12-13,20,28H,9-11H2,1-6H3. The van der Waals surface area contributed by atoms with Crippen molar-refractivity contribution in [1.29, 1.82) is 0 Å². The number of fused-ring (bicyclic) bond motifs is 4. The first kappa shape index (κ1) is 21.8. The maximum Gasteiger partial charge on any atom is 0.250 e. The minimum absolute atomic E-state index is 0.00320. The molecule has 0 saturated carbocycles. The molecule has 1 aliphatic carbocycles. The summed E-state index contributed by atoms with van der Waals surface area (Å²) in [5.41, 5.74) is 3.93. The average Bonchev–Trinajstić information content (AvgIpc) is 3.28. The Morgan fingerprint density at radius 3 is 2.58 bits per heavy atom. The number of Topliss-reactive ketones (excluding diaryl/α,β-unsaturated/α-hetero) is 1. The SMILES string of the molecule is Cc1c2ccc3c(c2c(O[Si](C)(C)C(C)(C)C)c2occ(C(O)CC=O)c12)CCC3=O. The van der Waals surface area contributed by atoms with E-state index in [1.807, 2.05) is 19.1 Å². The second-order valence-corrected chi connectivity index (χ2v) is 14.8. The molecule has 6 heteroatoms. The van der Waals surface area contributed by atoms with Crippen molar-refractivity contribution in [1.82, 2.24) is 0 Å². The van der Waals surface area contributed by atoms with Gasteiger partial charge in [0.1, 0.15) is 6.29 Å². The molecule has 4 rings (SSSR count). The molecule has 1 aliphatic rings. The molecule has 0 fully saturated rings. The van der Waals surface area contributed by atoms with Crippen molar-refractivity contribution in [3.8, 4) is 5.75 Å². The molecule has 31 heavy (non-hydrogen) atoms. The number of benzene rings is 2. The van der Waals surface area contributed by atoms with Crippen LogP contribution in [0.5, 0.6) is 5.75 Å². The molecule has 0 spiro atoms. The molecule has 1 heterocycles. The first-order valence-electron chi connectivity index (χ1n) is 10.8. The Morgan fingerprint density at radius 1 is 1.23 bits per heavy atom. The van der Waals surface area contributed by atoms with Gasteiger partial charge in [0.15, 0.2) is 17.1 Å². The number of aliphatic hydroxyl groups is 1. The zero-order valence-corrected chi connectivity index (χ0v) is 20.1. The molecule has 5 nitrogen and oxygen atoms in total. The van der Waals surface area contributed by atoms with E-state index in [4.69, 9.17) is 8.84 Å². The number of hydrogen-bond donors (Lipinski definition) is 1. The Bertz CT molecular complexity index is 1210. The highest BCUT2D eigenvalue weighted by Gasteiger charge is 2.41. The van der Waals surface area contributed by atoms with Gasteiger partial charge in [0, 0.05) is 34.7 Å². The summed E-state index contributed by atoms with van der Waals surface area (Å²) in [6.45, 7) is 12.9. The third-order valence-electron chi connectivity index (χ3n) is 7.09. The van der Waals surface area contributed by atoms with E-state index in [1.165, 1.54) is 6.26 Å². The van der Waals surface area contributed by atoms with Gasteiger partial charge in [-0.25, -0.2) is 0 Å². The van der Waals surface area contributed by atoms with Gasteiger partial charge < -0.3 is 18.7 Å². The van der Waals surface area contributed by atoms with Crippen molar-refractivity contribution in [3.63, 3.8) is 0 Å². The summed E-state index contributed by atoms with van der Waals surface area (Å²) in [7, 11) is -2.24. The largest absolute Gasteiger partial charge is 0.541 e. The van der Waals surface area contributed by atoms with Crippen molar-refractivity contribution in [3.05, 3.63) is 40.6 Å². The first-order valence-corrected chi connectivity index (χ1v) is 13.7. The first-order chi connectivity index (χ1) is 14.5. The number of ketones is 1. The lowest BCUT2D eigenvalue weighted by molar-refractivity contribution is -0.109. The van der Waals surface area contributed by atoms with Crippen LogP contribution < -0.4 is 4.43 Å². The van der Waals surface area contributed by atoms with Crippen molar-refractivity contribution in [2.24, 2.45) is 0 Å². The molecular formula is C25H30O5Si. The van der Waals surface area contributed by atoms with Crippen LogP contribution in [0.1, 0.15) is 66.8 Å². The van der Waals surface area contributed by atoms with Crippen LogP contribution in [0.3, 0.4) is 0 Å². The minimum Gasteiger partial charge on any atom is -0.541 e. The van der Waals surface area contributed by atoms with Crippen LogP contribution in [0.25, 0.3) is 21.7 Å². The van der Waals surface area contributed by atoms with Gasteiger partial charge in [-0.15, -0.1) is 0 Å². The van der Waals surface area contributed by atoms with Crippen LogP contribution in [0.4, 0.5) is 0 Å². The highest BCUT2D eigenvalue weighted by atomic mass is 28.4. The van der Waals surface area contributed by atoms with Gasteiger partial charge in [-0.3, -0.25) is 4.79 Å². The normalized spacial score (nSPS) is 15.5. The Balaban J connectivity index is 2.11. The zero-order chi connectivity index (χ0) is 22.7. The maximum absolute atomic E-state index is 12.5. The summed E-state index contributed by atoms with van der Waals surface area (Å²) in [6.07, 6.45) is 2.51. The summed E-state index contributed by atoms with van der Waals surface area (Å²) in [6, 6.07) is 3.89. The van der Waals surface area contributed by atoms with E-state index >= 15 is 0 Å².